The minimum Gasteiger partial charge on any atom is -0.484 e. The Morgan fingerprint density at radius 2 is 1.85 bits per heavy atom. The van der Waals surface area contributed by atoms with E-state index >= 15 is 0 Å². The van der Waals surface area contributed by atoms with Crippen molar-refractivity contribution >= 4 is 23.7 Å². The molecule has 0 unspecified atom stereocenters. The molecule has 7 heteroatoms. The van der Waals surface area contributed by atoms with Crippen LogP contribution >= 0.6 is 0 Å². The number of rotatable bonds is 8. The molecule has 0 aliphatic rings. The summed E-state index contributed by atoms with van der Waals surface area (Å²) in [7, 11) is 3.92. The molecule has 0 aliphatic carbocycles. The Hall–Kier alpha value is -3.35. The van der Waals surface area contributed by atoms with Gasteiger partial charge in [-0.25, -0.2) is 5.43 Å². The van der Waals surface area contributed by atoms with Crippen molar-refractivity contribution in [3.63, 3.8) is 0 Å². The number of carbonyl (C=O) groups excluding carboxylic acids is 2. The minimum absolute atomic E-state index is 0.155. The van der Waals surface area contributed by atoms with Crippen LogP contribution in [0.3, 0.4) is 0 Å². The van der Waals surface area contributed by atoms with Gasteiger partial charge < -0.3 is 15.0 Å². The van der Waals surface area contributed by atoms with Gasteiger partial charge in [-0.3, -0.25) is 9.59 Å². The van der Waals surface area contributed by atoms with Crippen LogP contribution in [0.15, 0.2) is 53.6 Å². The van der Waals surface area contributed by atoms with Crippen LogP contribution < -0.4 is 20.4 Å². The van der Waals surface area contributed by atoms with Gasteiger partial charge in [0, 0.05) is 19.8 Å². The molecule has 0 saturated heterocycles. The summed E-state index contributed by atoms with van der Waals surface area (Å²) < 4.78 is 5.37. The number of ether oxygens (including phenoxy) is 1. The summed E-state index contributed by atoms with van der Waals surface area (Å²) in [5.41, 5.74) is 5.35. The molecule has 142 valence electrons. The van der Waals surface area contributed by atoms with E-state index in [4.69, 9.17) is 4.74 Å². The number of carbonyl (C=O) groups is 2. The molecule has 2 aromatic rings. The second-order valence-corrected chi connectivity index (χ2v) is 6.16. The van der Waals surface area contributed by atoms with Gasteiger partial charge in [0.2, 0.25) is 0 Å². The van der Waals surface area contributed by atoms with E-state index in [1.165, 1.54) is 0 Å². The number of aryl methyl sites for hydroxylation is 1. The summed E-state index contributed by atoms with van der Waals surface area (Å²) >= 11 is 0. The second kappa shape index (κ2) is 9.96. The Kier molecular flexibility index (Phi) is 7.37. The molecule has 2 aromatic carbocycles. The summed E-state index contributed by atoms with van der Waals surface area (Å²) in [6.07, 6.45) is 1.54. The highest BCUT2D eigenvalue weighted by Crippen LogP contribution is 2.12. The van der Waals surface area contributed by atoms with Gasteiger partial charge in [0.25, 0.3) is 11.8 Å². The molecule has 2 N–H and O–H groups in total. The van der Waals surface area contributed by atoms with Gasteiger partial charge in [-0.2, -0.15) is 5.10 Å². The highest BCUT2D eigenvalue weighted by molar-refractivity contribution is 5.86. The fourth-order valence-electron chi connectivity index (χ4n) is 2.16. The molecule has 0 aromatic heterocycles. The van der Waals surface area contributed by atoms with E-state index in [1.807, 2.05) is 68.4 Å². The molecule has 0 spiro atoms. The third kappa shape index (κ3) is 7.19. The lowest BCUT2D eigenvalue weighted by Crippen LogP contribution is -2.37. The summed E-state index contributed by atoms with van der Waals surface area (Å²) in [5, 5.41) is 6.36. The first-order valence-corrected chi connectivity index (χ1v) is 8.49. The number of hydrazone groups is 1. The van der Waals surface area contributed by atoms with Gasteiger partial charge in [-0.15, -0.1) is 0 Å². The number of anilines is 1. The smallest absolute Gasteiger partial charge is 0.259 e. The van der Waals surface area contributed by atoms with Gasteiger partial charge in [-0.05, 0) is 42.3 Å². The number of hydrogen-bond acceptors (Lipinski definition) is 5. The highest BCUT2D eigenvalue weighted by atomic mass is 16.5. The van der Waals surface area contributed by atoms with E-state index in [2.05, 4.69) is 15.8 Å². The van der Waals surface area contributed by atoms with Crippen LogP contribution in [0.1, 0.15) is 11.1 Å². The quantitative estimate of drug-likeness (QED) is 0.549. The van der Waals surface area contributed by atoms with Crippen molar-refractivity contribution in [2.45, 2.75) is 6.92 Å². The normalized spacial score (nSPS) is 10.5. The first-order valence-electron chi connectivity index (χ1n) is 8.49. The largest absolute Gasteiger partial charge is 0.484 e. The van der Waals surface area contributed by atoms with Crippen molar-refractivity contribution in [1.29, 1.82) is 0 Å². The molecule has 27 heavy (non-hydrogen) atoms. The summed E-state index contributed by atoms with van der Waals surface area (Å²) in [6, 6.07) is 15.1. The van der Waals surface area contributed by atoms with E-state index in [0.29, 0.717) is 5.75 Å². The van der Waals surface area contributed by atoms with E-state index in [1.54, 1.807) is 12.3 Å². The van der Waals surface area contributed by atoms with Crippen molar-refractivity contribution in [3.05, 3.63) is 59.7 Å². The number of amides is 2. The van der Waals surface area contributed by atoms with Crippen LogP contribution in [-0.4, -0.2) is 45.3 Å². The predicted molar refractivity (Wildman–Crippen MR) is 106 cm³/mol. The first-order chi connectivity index (χ1) is 12.9. The van der Waals surface area contributed by atoms with Crippen molar-refractivity contribution in [3.8, 4) is 5.75 Å². The first kappa shape index (κ1) is 20.0. The maximum atomic E-state index is 11.7. The van der Waals surface area contributed by atoms with Crippen LogP contribution in [0.25, 0.3) is 0 Å². The van der Waals surface area contributed by atoms with Crippen molar-refractivity contribution in [2.75, 3.05) is 32.1 Å². The predicted octanol–water partition coefficient (Wildman–Crippen LogP) is 1.71. The number of hydrogen-bond donors (Lipinski definition) is 2. The van der Waals surface area contributed by atoms with Crippen LogP contribution in [0.5, 0.6) is 5.75 Å². The standard InChI is InChI=1S/C20H24N4O3/c1-15-5-4-6-18(11-15)27-14-20(26)21-13-19(25)23-22-12-16-7-9-17(10-8-16)24(2)3/h4-12H,13-14H2,1-3H3,(H,21,26)(H,23,25)/b22-12-. The lowest BCUT2D eigenvalue weighted by atomic mass is 10.2. The number of benzene rings is 2. The van der Waals surface area contributed by atoms with Crippen LogP contribution in [0.2, 0.25) is 0 Å². The van der Waals surface area contributed by atoms with Gasteiger partial charge >= 0.3 is 0 Å². The molecule has 0 aliphatic heterocycles. The van der Waals surface area contributed by atoms with Gasteiger partial charge in [-0.1, -0.05) is 24.3 Å². The molecule has 0 bridgehead atoms. The van der Waals surface area contributed by atoms with Gasteiger partial charge in [0.05, 0.1) is 12.8 Å². The molecule has 0 heterocycles. The Balaban J connectivity index is 1.68. The molecule has 0 atom stereocenters. The monoisotopic (exact) mass is 368 g/mol. The van der Waals surface area contributed by atoms with Gasteiger partial charge in [0.1, 0.15) is 5.75 Å². The molecule has 7 nitrogen and oxygen atoms in total. The number of nitrogens with one attached hydrogen (secondary N) is 2. The van der Waals surface area contributed by atoms with Crippen LogP contribution in [-0.2, 0) is 9.59 Å². The number of nitrogens with zero attached hydrogens (tertiary/aromatic N) is 2. The Labute approximate surface area is 159 Å². The minimum atomic E-state index is -0.417. The fraction of sp³-hybridized carbons (Fsp3) is 0.250. The topological polar surface area (TPSA) is 83.0 Å². The summed E-state index contributed by atoms with van der Waals surface area (Å²) in [6.45, 7) is 1.61. The zero-order chi connectivity index (χ0) is 19.6. The highest BCUT2D eigenvalue weighted by Gasteiger charge is 2.06. The van der Waals surface area contributed by atoms with E-state index in [9.17, 15) is 9.59 Å². The van der Waals surface area contributed by atoms with E-state index in [0.717, 1.165) is 16.8 Å². The molecule has 0 fully saturated rings. The van der Waals surface area contributed by atoms with Crippen molar-refractivity contribution in [2.24, 2.45) is 5.10 Å². The third-order valence-electron chi connectivity index (χ3n) is 3.62. The lowest BCUT2D eigenvalue weighted by molar-refractivity contribution is -0.127. The maximum absolute atomic E-state index is 11.7. The van der Waals surface area contributed by atoms with Crippen LogP contribution in [0.4, 0.5) is 5.69 Å². The van der Waals surface area contributed by atoms with Gasteiger partial charge in [0.15, 0.2) is 6.61 Å². The molecular weight excluding hydrogens is 344 g/mol. The SMILES string of the molecule is Cc1cccc(OCC(=O)NCC(=O)N/N=C\c2ccc(N(C)C)cc2)c1. The van der Waals surface area contributed by atoms with E-state index < -0.39 is 5.91 Å². The zero-order valence-corrected chi connectivity index (χ0v) is 15.7. The second-order valence-electron chi connectivity index (χ2n) is 6.16. The average Bonchev–Trinajstić information content (AvgIpc) is 2.65. The fourth-order valence-corrected chi connectivity index (χ4v) is 2.16. The third-order valence-corrected chi connectivity index (χ3v) is 3.62. The Morgan fingerprint density at radius 1 is 1.11 bits per heavy atom. The summed E-state index contributed by atoms with van der Waals surface area (Å²) in [5.74, 6) is -0.186. The van der Waals surface area contributed by atoms with Crippen LogP contribution in [0, 0.1) is 6.92 Å². The molecule has 2 rings (SSSR count). The molecule has 0 radical (unpaired) electrons. The Morgan fingerprint density at radius 3 is 2.52 bits per heavy atom. The maximum Gasteiger partial charge on any atom is 0.259 e. The zero-order valence-electron chi connectivity index (χ0n) is 15.7. The van der Waals surface area contributed by atoms with Crippen molar-refractivity contribution in [1.82, 2.24) is 10.7 Å². The summed E-state index contributed by atoms with van der Waals surface area (Å²) in [4.78, 5) is 25.4. The average molecular weight is 368 g/mol. The molecule has 2 amide bonds. The molecule has 0 saturated carbocycles. The lowest BCUT2D eigenvalue weighted by Gasteiger charge is -2.11. The molecular formula is C20H24N4O3. The van der Waals surface area contributed by atoms with E-state index in [-0.39, 0.29) is 19.1 Å². The van der Waals surface area contributed by atoms with Crippen molar-refractivity contribution < 1.29 is 14.3 Å². The Bertz CT molecular complexity index is 801.